The van der Waals surface area contributed by atoms with Crippen LogP contribution in [0.3, 0.4) is 0 Å². The van der Waals surface area contributed by atoms with E-state index in [9.17, 15) is 9.59 Å². The summed E-state index contributed by atoms with van der Waals surface area (Å²) in [6.45, 7) is 1.52. The molecule has 1 N–H and O–H groups in total. The van der Waals surface area contributed by atoms with Crippen molar-refractivity contribution in [1.29, 1.82) is 0 Å². The molecule has 2 aromatic carbocycles. The predicted molar refractivity (Wildman–Crippen MR) is 146 cm³/mol. The van der Waals surface area contributed by atoms with Gasteiger partial charge in [0.25, 0.3) is 5.91 Å². The summed E-state index contributed by atoms with van der Waals surface area (Å²) in [5.41, 5.74) is 4.15. The number of amides is 1. The summed E-state index contributed by atoms with van der Waals surface area (Å²) in [5, 5.41) is 7.22. The van der Waals surface area contributed by atoms with Gasteiger partial charge < -0.3 is 4.74 Å². The van der Waals surface area contributed by atoms with E-state index in [-0.39, 0.29) is 5.91 Å². The number of ketones is 1. The maximum atomic E-state index is 13.2. The van der Waals surface area contributed by atoms with Gasteiger partial charge in [-0.05, 0) is 61.4 Å². The second kappa shape index (κ2) is 12.0. The quantitative estimate of drug-likeness (QED) is 0.315. The Bertz CT molecular complexity index is 1390. The Labute approximate surface area is 222 Å². The van der Waals surface area contributed by atoms with E-state index in [1.807, 2.05) is 72.5 Å². The normalized spacial score (nSPS) is 13.9. The second-order valence-corrected chi connectivity index (χ2v) is 9.85. The molecule has 5 rings (SSSR count). The van der Waals surface area contributed by atoms with Gasteiger partial charge in [-0.2, -0.15) is 5.10 Å². The lowest BCUT2D eigenvalue weighted by Gasteiger charge is -2.21. The van der Waals surface area contributed by atoms with Crippen molar-refractivity contribution >= 4 is 17.6 Å². The number of aromatic nitrogens is 4. The van der Waals surface area contributed by atoms with Gasteiger partial charge in [0, 0.05) is 62.3 Å². The van der Waals surface area contributed by atoms with Crippen LogP contribution in [-0.4, -0.2) is 44.2 Å². The first kappa shape index (κ1) is 25.6. The molecule has 3 heterocycles. The number of imidazole rings is 1. The smallest absolute Gasteiger partial charge is 0.258 e. The Morgan fingerprint density at radius 2 is 1.84 bits per heavy atom. The molecule has 8 heteroatoms. The zero-order valence-corrected chi connectivity index (χ0v) is 21.7. The van der Waals surface area contributed by atoms with Crippen molar-refractivity contribution < 1.29 is 14.3 Å². The third-order valence-electron chi connectivity index (χ3n) is 6.92. The Kier molecular flexibility index (Phi) is 8.09. The molecule has 0 spiro atoms. The summed E-state index contributed by atoms with van der Waals surface area (Å²) in [7, 11) is 1.86. The Balaban J connectivity index is 1.28. The molecular formula is C30H33N5O3. The molecule has 2 aromatic heterocycles. The molecule has 1 saturated heterocycles. The van der Waals surface area contributed by atoms with E-state index in [0.717, 1.165) is 55.0 Å². The van der Waals surface area contributed by atoms with Gasteiger partial charge in [-0.15, -0.1) is 0 Å². The fourth-order valence-electron chi connectivity index (χ4n) is 4.85. The SMILES string of the molecule is Cn1cc(-c2cccc(C(=O)Nc3nc(CCCC(=O)CC4CCOCC4)cn3-c3ccccc3)c2)cn1. The summed E-state index contributed by atoms with van der Waals surface area (Å²) < 4.78 is 9.02. The Morgan fingerprint density at radius 1 is 1.03 bits per heavy atom. The van der Waals surface area contributed by atoms with Gasteiger partial charge >= 0.3 is 0 Å². The molecule has 0 atom stereocenters. The largest absolute Gasteiger partial charge is 0.381 e. The lowest BCUT2D eigenvalue weighted by Crippen LogP contribution is -2.18. The number of aryl methyl sites for hydroxylation is 2. The summed E-state index contributed by atoms with van der Waals surface area (Å²) in [4.78, 5) is 30.5. The van der Waals surface area contributed by atoms with Crippen molar-refractivity contribution in [1.82, 2.24) is 19.3 Å². The maximum absolute atomic E-state index is 13.2. The minimum absolute atomic E-state index is 0.239. The van der Waals surface area contributed by atoms with E-state index in [1.165, 1.54) is 0 Å². The van der Waals surface area contributed by atoms with Crippen LogP contribution >= 0.6 is 0 Å². The molecule has 0 saturated carbocycles. The number of para-hydroxylation sites is 1. The van der Waals surface area contributed by atoms with Gasteiger partial charge in [-0.3, -0.25) is 24.2 Å². The number of rotatable bonds is 10. The average Bonchev–Trinajstić information content (AvgIpc) is 3.56. The number of nitrogens with one attached hydrogen (secondary N) is 1. The standard InChI is InChI=1S/C30H33N5O3/c1-34-20-25(19-31-34)23-7-5-8-24(18-23)29(37)33-30-32-26(21-35(30)27-10-3-2-4-11-27)9-6-12-28(36)17-22-13-15-38-16-14-22/h2-5,7-8,10-11,18-22H,6,9,12-17H2,1H3,(H,32,33,37). The number of hydrogen-bond donors (Lipinski definition) is 1. The Morgan fingerprint density at radius 3 is 2.61 bits per heavy atom. The van der Waals surface area contributed by atoms with Crippen LogP contribution in [0.1, 0.15) is 48.2 Å². The summed E-state index contributed by atoms with van der Waals surface area (Å²) >= 11 is 0. The molecule has 1 fully saturated rings. The lowest BCUT2D eigenvalue weighted by molar-refractivity contribution is -0.120. The monoisotopic (exact) mass is 511 g/mol. The topological polar surface area (TPSA) is 91.0 Å². The van der Waals surface area contributed by atoms with Crippen LogP contribution in [0.2, 0.25) is 0 Å². The number of ether oxygens (including phenoxy) is 1. The van der Waals surface area contributed by atoms with Gasteiger partial charge in [0.15, 0.2) is 0 Å². The first-order chi connectivity index (χ1) is 18.5. The molecule has 1 aliphatic heterocycles. The van der Waals surface area contributed by atoms with Gasteiger partial charge in [0.1, 0.15) is 5.78 Å². The first-order valence-corrected chi connectivity index (χ1v) is 13.2. The summed E-state index contributed by atoms with van der Waals surface area (Å²) in [6.07, 6.45) is 10.2. The first-order valence-electron chi connectivity index (χ1n) is 13.2. The predicted octanol–water partition coefficient (Wildman–Crippen LogP) is 5.23. The fraction of sp³-hybridized carbons (Fsp3) is 0.333. The van der Waals surface area contributed by atoms with Gasteiger partial charge in [-0.25, -0.2) is 4.98 Å². The van der Waals surface area contributed by atoms with E-state index in [1.54, 1.807) is 16.9 Å². The molecule has 1 aliphatic rings. The molecule has 0 radical (unpaired) electrons. The van der Waals surface area contributed by atoms with E-state index < -0.39 is 0 Å². The molecule has 0 unspecified atom stereocenters. The molecule has 4 aromatic rings. The van der Waals surface area contributed by atoms with Gasteiger partial charge in [0.2, 0.25) is 5.95 Å². The van der Waals surface area contributed by atoms with Crippen LogP contribution in [0.5, 0.6) is 0 Å². The molecule has 8 nitrogen and oxygen atoms in total. The molecular weight excluding hydrogens is 478 g/mol. The summed E-state index contributed by atoms with van der Waals surface area (Å²) in [5.74, 6) is 0.974. The molecule has 0 aliphatic carbocycles. The van der Waals surface area contributed by atoms with Crippen molar-refractivity contribution in [2.45, 2.75) is 38.5 Å². The molecule has 1 amide bonds. The third-order valence-corrected chi connectivity index (χ3v) is 6.92. The van der Waals surface area contributed by atoms with Crippen LogP contribution in [0, 0.1) is 5.92 Å². The van der Waals surface area contributed by atoms with Crippen LogP contribution in [-0.2, 0) is 23.0 Å². The highest BCUT2D eigenvalue weighted by Gasteiger charge is 2.18. The minimum Gasteiger partial charge on any atom is -0.381 e. The van der Waals surface area contributed by atoms with E-state index >= 15 is 0 Å². The van der Waals surface area contributed by atoms with Gasteiger partial charge in [0.05, 0.1) is 11.9 Å². The van der Waals surface area contributed by atoms with Crippen molar-refractivity contribution in [3.63, 3.8) is 0 Å². The Hall–Kier alpha value is -4.04. The third kappa shape index (κ3) is 6.44. The zero-order chi connectivity index (χ0) is 26.3. The highest BCUT2D eigenvalue weighted by atomic mass is 16.5. The van der Waals surface area contributed by atoms with Gasteiger partial charge in [-0.1, -0.05) is 30.3 Å². The van der Waals surface area contributed by atoms with Crippen molar-refractivity contribution in [3.05, 3.63) is 84.4 Å². The van der Waals surface area contributed by atoms with Crippen LogP contribution < -0.4 is 5.32 Å². The maximum Gasteiger partial charge on any atom is 0.258 e. The van der Waals surface area contributed by atoms with Crippen LogP contribution in [0.15, 0.2) is 73.2 Å². The van der Waals surface area contributed by atoms with Crippen LogP contribution in [0.25, 0.3) is 16.8 Å². The molecule has 196 valence electrons. The number of Topliss-reactive ketones (excluding diaryl/α,β-unsaturated/α-hetero) is 1. The van der Waals surface area contributed by atoms with Crippen molar-refractivity contribution in [2.75, 3.05) is 18.5 Å². The van der Waals surface area contributed by atoms with E-state index in [4.69, 9.17) is 9.72 Å². The minimum atomic E-state index is -0.239. The van der Waals surface area contributed by atoms with Crippen molar-refractivity contribution in [3.8, 4) is 16.8 Å². The summed E-state index contributed by atoms with van der Waals surface area (Å²) in [6, 6.07) is 17.3. The second-order valence-electron chi connectivity index (χ2n) is 9.85. The van der Waals surface area contributed by atoms with E-state index in [0.29, 0.717) is 42.5 Å². The number of hydrogen-bond acceptors (Lipinski definition) is 5. The lowest BCUT2D eigenvalue weighted by atomic mass is 9.93. The molecule has 0 bridgehead atoms. The number of carbonyl (C=O) groups is 2. The highest BCUT2D eigenvalue weighted by Crippen LogP contribution is 2.23. The molecule has 38 heavy (non-hydrogen) atoms. The number of nitrogens with zero attached hydrogens (tertiary/aromatic N) is 4. The highest BCUT2D eigenvalue weighted by molar-refractivity contribution is 6.04. The fourth-order valence-corrected chi connectivity index (χ4v) is 4.85. The van der Waals surface area contributed by atoms with E-state index in [2.05, 4.69) is 10.4 Å². The number of anilines is 1. The number of benzene rings is 2. The number of carbonyl (C=O) groups excluding carboxylic acids is 2. The average molecular weight is 512 g/mol. The zero-order valence-electron chi connectivity index (χ0n) is 21.7. The van der Waals surface area contributed by atoms with Crippen molar-refractivity contribution in [2.24, 2.45) is 13.0 Å². The van der Waals surface area contributed by atoms with Crippen LogP contribution in [0.4, 0.5) is 5.95 Å².